The van der Waals surface area contributed by atoms with Gasteiger partial charge in [-0.25, -0.2) is 4.68 Å². The van der Waals surface area contributed by atoms with Crippen LogP contribution in [0.3, 0.4) is 0 Å². The Labute approximate surface area is 112 Å². The summed E-state index contributed by atoms with van der Waals surface area (Å²) < 4.78 is 2.33. The number of hydrogen-bond donors (Lipinski definition) is 2. The first-order valence-electron chi connectivity index (χ1n) is 5.32. The lowest BCUT2D eigenvalue weighted by atomic mass is 10.1. The summed E-state index contributed by atoms with van der Waals surface area (Å²) in [4.78, 5) is 11.0. The molecular weight excluding hydrogens is 298 g/mol. The number of aliphatic hydroxyl groups is 1. The van der Waals surface area contributed by atoms with E-state index in [9.17, 15) is 9.90 Å². The first kappa shape index (κ1) is 12.8. The topological polar surface area (TPSA) is 81.1 Å². The van der Waals surface area contributed by atoms with Crippen molar-refractivity contribution in [2.75, 3.05) is 0 Å². The Hall–Kier alpha value is -1.66. The van der Waals surface area contributed by atoms with E-state index in [0.29, 0.717) is 0 Å². The largest absolute Gasteiger partial charge is 0.389 e. The van der Waals surface area contributed by atoms with Gasteiger partial charge in [-0.3, -0.25) is 4.79 Å². The third-order valence-electron chi connectivity index (χ3n) is 2.54. The molecule has 1 aromatic carbocycles. The summed E-state index contributed by atoms with van der Waals surface area (Å²) >= 11 is 3.41. The third-order valence-corrected chi connectivity index (χ3v) is 3.18. The summed E-state index contributed by atoms with van der Waals surface area (Å²) in [6.07, 6.45) is 1.12. The van der Waals surface area contributed by atoms with Crippen LogP contribution >= 0.6 is 15.9 Å². The summed E-state index contributed by atoms with van der Waals surface area (Å²) in [5, 5.41) is 13.5. The fourth-order valence-corrected chi connectivity index (χ4v) is 2.14. The minimum atomic E-state index is -0.564. The van der Waals surface area contributed by atoms with E-state index in [1.54, 1.807) is 29.9 Å². The van der Waals surface area contributed by atoms with Crippen LogP contribution < -0.4 is 5.73 Å². The molecule has 0 radical (unpaired) electrons. The number of nitrogens with zero attached hydrogens (tertiary/aromatic N) is 2. The molecule has 1 unspecified atom stereocenters. The number of carbonyl (C=O) groups excluding carboxylic acids is 1. The first-order valence-corrected chi connectivity index (χ1v) is 6.11. The molecule has 1 heterocycles. The van der Waals surface area contributed by atoms with Gasteiger partial charge in [-0.1, -0.05) is 6.07 Å². The molecule has 2 rings (SSSR count). The highest BCUT2D eigenvalue weighted by Crippen LogP contribution is 2.25. The second-order valence-corrected chi connectivity index (χ2v) is 4.75. The lowest BCUT2D eigenvalue weighted by Gasteiger charge is -2.09. The van der Waals surface area contributed by atoms with Gasteiger partial charge < -0.3 is 10.8 Å². The number of hydrogen-bond acceptors (Lipinski definition) is 3. The molecule has 3 N–H and O–H groups in total. The van der Waals surface area contributed by atoms with E-state index in [4.69, 9.17) is 5.73 Å². The highest BCUT2D eigenvalue weighted by atomic mass is 79.9. The van der Waals surface area contributed by atoms with Crippen molar-refractivity contribution in [3.05, 3.63) is 46.2 Å². The van der Waals surface area contributed by atoms with Crippen LogP contribution in [0.5, 0.6) is 0 Å². The number of aromatic nitrogens is 2. The van der Waals surface area contributed by atoms with Gasteiger partial charge in [-0.15, -0.1) is 0 Å². The minimum Gasteiger partial charge on any atom is -0.389 e. The Morgan fingerprint density at radius 2 is 2.22 bits per heavy atom. The predicted molar refractivity (Wildman–Crippen MR) is 70.4 cm³/mol. The highest BCUT2D eigenvalue weighted by Gasteiger charge is 2.10. The van der Waals surface area contributed by atoms with Crippen molar-refractivity contribution >= 4 is 21.8 Å². The third kappa shape index (κ3) is 2.44. The molecule has 0 aliphatic rings. The second-order valence-electron chi connectivity index (χ2n) is 3.90. The van der Waals surface area contributed by atoms with Crippen molar-refractivity contribution in [1.82, 2.24) is 9.78 Å². The number of rotatable bonds is 3. The minimum absolute atomic E-state index is 0.210. The molecule has 18 heavy (non-hydrogen) atoms. The molecule has 0 bridgehead atoms. The molecule has 5 nitrogen and oxygen atoms in total. The lowest BCUT2D eigenvalue weighted by Crippen LogP contribution is -2.12. The summed E-state index contributed by atoms with van der Waals surface area (Å²) in [6.45, 7) is 1.69. The van der Waals surface area contributed by atoms with Crippen LogP contribution in [0.15, 0.2) is 34.9 Å². The van der Waals surface area contributed by atoms with Gasteiger partial charge in [-0.05, 0) is 46.6 Å². The molecule has 1 atom stereocenters. The highest BCUT2D eigenvalue weighted by molar-refractivity contribution is 9.10. The number of aliphatic hydroxyl groups excluding tert-OH is 1. The van der Waals surface area contributed by atoms with Crippen LogP contribution in [0.25, 0.3) is 5.69 Å². The number of nitrogens with two attached hydrogens (primary N) is 1. The number of carbonyl (C=O) groups is 1. The van der Waals surface area contributed by atoms with E-state index in [2.05, 4.69) is 21.0 Å². The van der Waals surface area contributed by atoms with Gasteiger partial charge in [0.25, 0.3) is 5.91 Å². The summed E-state index contributed by atoms with van der Waals surface area (Å²) in [6, 6.07) is 6.98. The fraction of sp³-hybridized carbons (Fsp3) is 0.167. The molecule has 2 aromatic rings. The van der Waals surface area contributed by atoms with Gasteiger partial charge >= 0.3 is 0 Å². The Bertz CT molecular complexity index is 593. The quantitative estimate of drug-likeness (QED) is 0.907. The van der Waals surface area contributed by atoms with Crippen molar-refractivity contribution in [3.63, 3.8) is 0 Å². The monoisotopic (exact) mass is 309 g/mol. The number of benzene rings is 1. The van der Waals surface area contributed by atoms with Crippen molar-refractivity contribution < 1.29 is 9.90 Å². The standard InChI is InChI=1S/C12H12BrN3O2/c1-7(17)8-2-3-11(9(13)6-8)16-5-4-10(15-16)12(14)18/h2-7,17H,1H3,(H2,14,18). The van der Waals surface area contributed by atoms with Crippen LogP contribution in [-0.2, 0) is 0 Å². The zero-order chi connectivity index (χ0) is 13.3. The Morgan fingerprint density at radius 1 is 1.50 bits per heavy atom. The number of amides is 1. The second kappa shape index (κ2) is 4.91. The zero-order valence-corrected chi connectivity index (χ0v) is 11.3. The predicted octanol–water partition coefficient (Wildman–Crippen LogP) is 1.79. The van der Waals surface area contributed by atoms with E-state index in [-0.39, 0.29) is 5.69 Å². The van der Waals surface area contributed by atoms with E-state index in [1.165, 1.54) is 0 Å². The molecular formula is C12H12BrN3O2. The average Bonchev–Trinajstić information content (AvgIpc) is 2.78. The van der Waals surface area contributed by atoms with E-state index in [1.807, 2.05) is 12.1 Å². The van der Waals surface area contributed by atoms with Crippen molar-refractivity contribution in [1.29, 1.82) is 0 Å². The van der Waals surface area contributed by atoms with Gasteiger partial charge in [-0.2, -0.15) is 5.10 Å². The first-order chi connectivity index (χ1) is 8.49. The van der Waals surface area contributed by atoms with Crippen LogP contribution in [0.1, 0.15) is 29.1 Å². The molecule has 0 saturated heterocycles. The molecule has 0 spiro atoms. The normalized spacial score (nSPS) is 12.4. The van der Waals surface area contributed by atoms with Crippen LogP contribution in [-0.4, -0.2) is 20.8 Å². The Kier molecular flexibility index (Phi) is 3.49. The molecule has 0 fully saturated rings. The zero-order valence-electron chi connectivity index (χ0n) is 9.67. The van der Waals surface area contributed by atoms with Crippen molar-refractivity contribution in [2.45, 2.75) is 13.0 Å². The molecule has 6 heteroatoms. The van der Waals surface area contributed by atoms with E-state index in [0.717, 1.165) is 15.7 Å². The number of primary amides is 1. The van der Waals surface area contributed by atoms with E-state index >= 15 is 0 Å². The van der Waals surface area contributed by atoms with Crippen LogP contribution in [0, 0.1) is 0 Å². The van der Waals surface area contributed by atoms with Crippen LogP contribution in [0.2, 0.25) is 0 Å². The summed E-state index contributed by atoms with van der Waals surface area (Å²) in [7, 11) is 0. The van der Waals surface area contributed by atoms with Crippen molar-refractivity contribution in [3.8, 4) is 5.69 Å². The SMILES string of the molecule is CC(O)c1ccc(-n2ccc(C(N)=O)n2)c(Br)c1. The smallest absolute Gasteiger partial charge is 0.269 e. The van der Waals surface area contributed by atoms with Gasteiger partial charge in [0.2, 0.25) is 0 Å². The number of halogens is 1. The maximum absolute atomic E-state index is 11.0. The van der Waals surface area contributed by atoms with Crippen LogP contribution in [0.4, 0.5) is 0 Å². The molecule has 1 aromatic heterocycles. The van der Waals surface area contributed by atoms with Gasteiger partial charge in [0.15, 0.2) is 0 Å². The maximum Gasteiger partial charge on any atom is 0.269 e. The van der Waals surface area contributed by atoms with Gasteiger partial charge in [0.1, 0.15) is 5.69 Å². The van der Waals surface area contributed by atoms with E-state index < -0.39 is 12.0 Å². The summed E-state index contributed by atoms with van der Waals surface area (Å²) in [5.41, 5.74) is 6.93. The Morgan fingerprint density at radius 3 is 2.72 bits per heavy atom. The summed E-state index contributed by atoms with van der Waals surface area (Å²) in [5.74, 6) is -0.564. The lowest BCUT2D eigenvalue weighted by molar-refractivity contribution is 0.0995. The molecule has 0 aliphatic heterocycles. The molecule has 1 amide bonds. The Balaban J connectivity index is 2.41. The average molecular weight is 310 g/mol. The van der Waals surface area contributed by atoms with Gasteiger partial charge in [0, 0.05) is 10.7 Å². The molecule has 0 saturated carbocycles. The van der Waals surface area contributed by atoms with Crippen molar-refractivity contribution in [2.24, 2.45) is 5.73 Å². The molecule has 94 valence electrons. The molecule has 0 aliphatic carbocycles. The fourth-order valence-electron chi connectivity index (χ4n) is 1.56. The maximum atomic E-state index is 11.0. The van der Waals surface area contributed by atoms with Gasteiger partial charge in [0.05, 0.1) is 11.8 Å².